The molecule has 0 spiro atoms. The number of nitrogens with one attached hydrogen (secondary N) is 1. The van der Waals surface area contributed by atoms with Gasteiger partial charge in [0.05, 0.1) is 0 Å². The van der Waals surface area contributed by atoms with Crippen LogP contribution in [-0.4, -0.2) is 37.1 Å². The van der Waals surface area contributed by atoms with Crippen molar-refractivity contribution in [1.29, 1.82) is 0 Å². The summed E-state index contributed by atoms with van der Waals surface area (Å²) in [4.78, 5) is 2.78. The minimum atomic E-state index is 0.743. The predicted molar refractivity (Wildman–Crippen MR) is 72.1 cm³/mol. The van der Waals surface area contributed by atoms with E-state index in [1.54, 1.807) is 0 Å². The van der Waals surface area contributed by atoms with Gasteiger partial charge in [0, 0.05) is 19.1 Å². The smallest absolute Gasteiger partial charge is 0.0223 e. The molecule has 0 aromatic rings. The Kier molecular flexibility index (Phi) is 3.45. The number of nitrogens with zero attached hydrogens (tertiary/aromatic N) is 1. The van der Waals surface area contributed by atoms with E-state index >= 15 is 0 Å². The summed E-state index contributed by atoms with van der Waals surface area (Å²) in [5.41, 5.74) is 0.743. The Labute approximate surface area is 106 Å². The number of hydrogen-bond donors (Lipinski definition) is 1. The molecule has 1 atom stereocenters. The number of rotatable bonds is 5. The van der Waals surface area contributed by atoms with Crippen molar-refractivity contribution in [1.82, 2.24) is 10.2 Å². The van der Waals surface area contributed by atoms with Gasteiger partial charge >= 0.3 is 0 Å². The Morgan fingerprint density at radius 3 is 2.76 bits per heavy atom. The molecule has 0 aromatic heterocycles. The molecule has 2 heteroatoms. The molecule has 3 aliphatic rings. The van der Waals surface area contributed by atoms with Crippen LogP contribution in [-0.2, 0) is 0 Å². The van der Waals surface area contributed by atoms with E-state index in [4.69, 9.17) is 0 Å². The fraction of sp³-hybridized carbons (Fsp3) is 1.00. The van der Waals surface area contributed by atoms with Crippen LogP contribution < -0.4 is 5.32 Å². The first-order valence-electron chi connectivity index (χ1n) is 7.77. The molecule has 2 saturated carbocycles. The molecule has 0 bridgehead atoms. The lowest BCUT2D eigenvalue weighted by Crippen LogP contribution is -2.41. The SMILES string of the molecule is CCCC1(CN2CCCNC(C3CC3)C2)CC1. The molecule has 1 aliphatic heterocycles. The minimum Gasteiger partial charge on any atom is -0.312 e. The highest BCUT2D eigenvalue weighted by molar-refractivity contribution is 4.97. The van der Waals surface area contributed by atoms with Gasteiger partial charge in [0.2, 0.25) is 0 Å². The molecule has 98 valence electrons. The average molecular weight is 236 g/mol. The Balaban J connectivity index is 1.54. The molecule has 2 nitrogen and oxygen atoms in total. The number of hydrogen-bond acceptors (Lipinski definition) is 2. The molecule has 0 amide bonds. The fourth-order valence-electron chi connectivity index (χ4n) is 3.65. The Hall–Kier alpha value is -0.0800. The van der Waals surface area contributed by atoms with E-state index in [1.807, 2.05) is 0 Å². The fourth-order valence-corrected chi connectivity index (χ4v) is 3.65. The highest BCUT2D eigenvalue weighted by atomic mass is 15.2. The summed E-state index contributed by atoms with van der Waals surface area (Å²) >= 11 is 0. The molecule has 3 fully saturated rings. The van der Waals surface area contributed by atoms with Gasteiger partial charge in [-0.25, -0.2) is 0 Å². The topological polar surface area (TPSA) is 15.3 Å². The Bertz CT molecular complexity index is 256. The molecule has 1 heterocycles. The van der Waals surface area contributed by atoms with Crippen LogP contribution >= 0.6 is 0 Å². The first kappa shape index (κ1) is 12.0. The van der Waals surface area contributed by atoms with Crippen LogP contribution in [0.3, 0.4) is 0 Å². The summed E-state index contributed by atoms with van der Waals surface area (Å²) in [6.07, 6.45) is 10.1. The second kappa shape index (κ2) is 4.89. The lowest BCUT2D eigenvalue weighted by atomic mass is 9.99. The van der Waals surface area contributed by atoms with E-state index < -0.39 is 0 Å². The molecule has 2 aliphatic carbocycles. The molecular formula is C15H28N2. The molecule has 0 aromatic carbocycles. The Morgan fingerprint density at radius 1 is 1.29 bits per heavy atom. The van der Waals surface area contributed by atoms with E-state index in [2.05, 4.69) is 17.1 Å². The largest absolute Gasteiger partial charge is 0.312 e. The highest BCUT2D eigenvalue weighted by Crippen LogP contribution is 2.50. The normalized spacial score (nSPS) is 33.4. The molecule has 17 heavy (non-hydrogen) atoms. The summed E-state index contributed by atoms with van der Waals surface area (Å²) in [5, 5.41) is 3.77. The van der Waals surface area contributed by atoms with E-state index in [0.29, 0.717) is 0 Å². The maximum Gasteiger partial charge on any atom is 0.0223 e. The molecule has 1 unspecified atom stereocenters. The predicted octanol–water partition coefficient (Wildman–Crippen LogP) is 2.64. The maximum absolute atomic E-state index is 3.77. The lowest BCUT2D eigenvalue weighted by Gasteiger charge is -2.28. The highest BCUT2D eigenvalue weighted by Gasteiger charge is 2.43. The maximum atomic E-state index is 3.77. The second-order valence-corrected chi connectivity index (χ2v) is 6.74. The van der Waals surface area contributed by atoms with E-state index in [1.165, 1.54) is 71.1 Å². The quantitative estimate of drug-likeness (QED) is 0.789. The van der Waals surface area contributed by atoms with Crippen LogP contribution in [0.25, 0.3) is 0 Å². The first-order chi connectivity index (χ1) is 8.31. The van der Waals surface area contributed by atoms with Crippen LogP contribution in [0.1, 0.15) is 51.9 Å². The molecular weight excluding hydrogens is 208 g/mol. The van der Waals surface area contributed by atoms with Gasteiger partial charge in [0.15, 0.2) is 0 Å². The van der Waals surface area contributed by atoms with Crippen LogP contribution in [0, 0.1) is 11.3 Å². The van der Waals surface area contributed by atoms with Crippen LogP contribution in [0.5, 0.6) is 0 Å². The van der Waals surface area contributed by atoms with Crippen molar-refractivity contribution in [3.05, 3.63) is 0 Å². The van der Waals surface area contributed by atoms with Crippen molar-refractivity contribution in [2.75, 3.05) is 26.2 Å². The third-order valence-electron chi connectivity index (χ3n) is 5.00. The van der Waals surface area contributed by atoms with E-state index in [9.17, 15) is 0 Å². The zero-order valence-corrected chi connectivity index (χ0v) is 11.4. The summed E-state index contributed by atoms with van der Waals surface area (Å²) < 4.78 is 0. The van der Waals surface area contributed by atoms with E-state index in [-0.39, 0.29) is 0 Å². The van der Waals surface area contributed by atoms with E-state index in [0.717, 1.165) is 17.4 Å². The van der Waals surface area contributed by atoms with Gasteiger partial charge in [-0.3, -0.25) is 0 Å². The van der Waals surface area contributed by atoms with Crippen LogP contribution in [0.4, 0.5) is 0 Å². The van der Waals surface area contributed by atoms with Crippen molar-refractivity contribution in [2.24, 2.45) is 11.3 Å². The van der Waals surface area contributed by atoms with Crippen LogP contribution in [0.2, 0.25) is 0 Å². The van der Waals surface area contributed by atoms with Gasteiger partial charge in [0.25, 0.3) is 0 Å². The molecule has 0 radical (unpaired) electrons. The summed E-state index contributed by atoms with van der Waals surface area (Å²) in [5.74, 6) is 1.01. The summed E-state index contributed by atoms with van der Waals surface area (Å²) in [6.45, 7) is 7.65. The Morgan fingerprint density at radius 2 is 2.12 bits per heavy atom. The van der Waals surface area contributed by atoms with Crippen molar-refractivity contribution < 1.29 is 0 Å². The zero-order valence-electron chi connectivity index (χ0n) is 11.4. The standard InChI is InChI=1S/C15H28N2/c1-2-6-15(7-8-15)12-17-10-3-9-16-14(11-17)13-4-5-13/h13-14,16H,2-12H2,1H3. The van der Waals surface area contributed by atoms with Gasteiger partial charge in [-0.15, -0.1) is 0 Å². The third kappa shape index (κ3) is 3.03. The van der Waals surface area contributed by atoms with Crippen molar-refractivity contribution in [2.45, 2.75) is 57.9 Å². The first-order valence-corrected chi connectivity index (χ1v) is 7.77. The van der Waals surface area contributed by atoms with Gasteiger partial charge in [-0.1, -0.05) is 13.3 Å². The monoisotopic (exact) mass is 236 g/mol. The van der Waals surface area contributed by atoms with Gasteiger partial charge in [-0.2, -0.15) is 0 Å². The zero-order chi connectivity index (χ0) is 11.7. The molecule has 1 saturated heterocycles. The van der Waals surface area contributed by atoms with Crippen LogP contribution in [0.15, 0.2) is 0 Å². The van der Waals surface area contributed by atoms with Gasteiger partial charge < -0.3 is 10.2 Å². The van der Waals surface area contributed by atoms with Gasteiger partial charge in [0.1, 0.15) is 0 Å². The summed E-state index contributed by atoms with van der Waals surface area (Å²) in [7, 11) is 0. The average Bonchev–Trinajstić information content (AvgIpc) is 3.15. The molecule has 1 N–H and O–H groups in total. The second-order valence-electron chi connectivity index (χ2n) is 6.74. The summed E-state index contributed by atoms with van der Waals surface area (Å²) in [6, 6.07) is 0.815. The van der Waals surface area contributed by atoms with Crippen molar-refractivity contribution in [3.63, 3.8) is 0 Å². The molecule has 3 rings (SSSR count). The van der Waals surface area contributed by atoms with Crippen molar-refractivity contribution in [3.8, 4) is 0 Å². The lowest BCUT2D eigenvalue weighted by molar-refractivity contribution is 0.203. The minimum absolute atomic E-state index is 0.743. The van der Waals surface area contributed by atoms with Gasteiger partial charge in [-0.05, 0) is 62.9 Å². The third-order valence-corrected chi connectivity index (χ3v) is 5.00. The van der Waals surface area contributed by atoms with Crippen molar-refractivity contribution >= 4 is 0 Å².